The van der Waals surface area contributed by atoms with Gasteiger partial charge in [-0.3, -0.25) is 4.79 Å². The molecule has 21 heavy (non-hydrogen) atoms. The standard InChI is InChI=1S/C16H16BrClN2O/c17-13-8-4-7-12(15(13)18)16(21)20-10-9-14(19)11-5-2-1-3-6-11/h1-8,14H,9-10,19H2,(H,20,21). The summed E-state index contributed by atoms with van der Waals surface area (Å²) in [6.07, 6.45) is 0.668. The van der Waals surface area contributed by atoms with Crippen LogP contribution in [0.4, 0.5) is 0 Å². The van der Waals surface area contributed by atoms with Crippen LogP contribution >= 0.6 is 27.5 Å². The summed E-state index contributed by atoms with van der Waals surface area (Å²) in [6.45, 7) is 0.498. The van der Waals surface area contributed by atoms with E-state index >= 15 is 0 Å². The predicted molar refractivity (Wildman–Crippen MR) is 89.5 cm³/mol. The Morgan fingerprint density at radius 1 is 1.19 bits per heavy atom. The second-order valence-electron chi connectivity index (χ2n) is 4.66. The van der Waals surface area contributed by atoms with Gasteiger partial charge in [-0.15, -0.1) is 0 Å². The lowest BCUT2D eigenvalue weighted by Gasteiger charge is -2.13. The minimum Gasteiger partial charge on any atom is -0.352 e. The van der Waals surface area contributed by atoms with Crippen LogP contribution in [0.2, 0.25) is 5.02 Å². The van der Waals surface area contributed by atoms with Crippen LogP contribution < -0.4 is 11.1 Å². The normalized spacial score (nSPS) is 12.0. The highest BCUT2D eigenvalue weighted by Crippen LogP contribution is 2.25. The maximum Gasteiger partial charge on any atom is 0.252 e. The third kappa shape index (κ3) is 4.30. The van der Waals surface area contributed by atoms with Gasteiger partial charge in [-0.25, -0.2) is 0 Å². The lowest BCUT2D eigenvalue weighted by atomic mass is 10.1. The van der Waals surface area contributed by atoms with Gasteiger partial charge in [-0.2, -0.15) is 0 Å². The first-order chi connectivity index (χ1) is 10.1. The molecule has 3 N–H and O–H groups in total. The zero-order valence-corrected chi connectivity index (χ0v) is 13.7. The predicted octanol–water partition coefficient (Wildman–Crippen LogP) is 3.92. The van der Waals surface area contributed by atoms with E-state index in [4.69, 9.17) is 17.3 Å². The summed E-state index contributed by atoms with van der Waals surface area (Å²) in [6, 6.07) is 15.0. The Kier molecular flexibility index (Phi) is 5.79. The van der Waals surface area contributed by atoms with Gasteiger partial charge in [-0.05, 0) is 40.0 Å². The van der Waals surface area contributed by atoms with Gasteiger partial charge in [0.05, 0.1) is 10.6 Å². The summed E-state index contributed by atoms with van der Waals surface area (Å²) < 4.78 is 0.706. The summed E-state index contributed by atoms with van der Waals surface area (Å²) in [5.41, 5.74) is 7.61. The number of nitrogens with one attached hydrogen (secondary N) is 1. The van der Waals surface area contributed by atoms with Crippen molar-refractivity contribution in [3.05, 3.63) is 69.2 Å². The van der Waals surface area contributed by atoms with E-state index in [1.165, 1.54) is 0 Å². The largest absolute Gasteiger partial charge is 0.352 e. The molecule has 0 bridgehead atoms. The van der Waals surface area contributed by atoms with Crippen LogP contribution in [0.25, 0.3) is 0 Å². The molecule has 0 saturated heterocycles. The van der Waals surface area contributed by atoms with Crippen molar-refractivity contribution in [2.75, 3.05) is 6.54 Å². The second-order valence-corrected chi connectivity index (χ2v) is 5.90. The van der Waals surface area contributed by atoms with E-state index in [1.807, 2.05) is 30.3 Å². The molecule has 1 unspecified atom stereocenters. The molecule has 0 aliphatic heterocycles. The Morgan fingerprint density at radius 2 is 1.90 bits per heavy atom. The van der Waals surface area contributed by atoms with Gasteiger partial charge in [0.1, 0.15) is 0 Å². The molecule has 0 saturated carbocycles. The molecule has 110 valence electrons. The van der Waals surface area contributed by atoms with E-state index in [0.29, 0.717) is 28.0 Å². The molecule has 0 aliphatic rings. The Balaban J connectivity index is 1.89. The van der Waals surface area contributed by atoms with Crippen LogP contribution in [-0.2, 0) is 0 Å². The molecule has 0 heterocycles. The highest BCUT2D eigenvalue weighted by molar-refractivity contribution is 9.10. The van der Waals surface area contributed by atoms with Gasteiger partial charge in [0.2, 0.25) is 0 Å². The van der Waals surface area contributed by atoms with E-state index in [2.05, 4.69) is 21.2 Å². The highest BCUT2D eigenvalue weighted by Gasteiger charge is 2.12. The van der Waals surface area contributed by atoms with E-state index in [1.54, 1.807) is 18.2 Å². The van der Waals surface area contributed by atoms with Crippen molar-refractivity contribution in [3.63, 3.8) is 0 Å². The van der Waals surface area contributed by atoms with Crippen molar-refractivity contribution in [3.8, 4) is 0 Å². The Morgan fingerprint density at radius 3 is 2.62 bits per heavy atom. The molecule has 5 heteroatoms. The third-order valence-corrected chi connectivity index (χ3v) is 4.46. The zero-order chi connectivity index (χ0) is 15.2. The Hall–Kier alpha value is -1.36. The zero-order valence-electron chi connectivity index (χ0n) is 11.4. The number of carbonyl (C=O) groups excluding carboxylic acids is 1. The number of amides is 1. The van der Waals surface area contributed by atoms with E-state index in [9.17, 15) is 4.79 Å². The molecule has 2 rings (SSSR count). The maximum atomic E-state index is 12.1. The summed E-state index contributed by atoms with van der Waals surface area (Å²) in [7, 11) is 0. The SMILES string of the molecule is NC(CCNC(=O)c1cccc(Br)c1Cl)c1ccccc1. The van der Waals surface area contributed by atoms with Crippen molar-refractivity contribution in [2.24, 2.45) is 5.73 Å². The fourth-order valence-electron chi connectivity index (χ4n) is 1.98. The van der Waals surface area contributed by atoms with Crippen molar-refractivity contribution in [1.29, 1.82) is 0 Å². The molecule has 1 atom stereocenters. The van der Waals surface area contributed by atoms with E-state index < -0.39 is 0 Å². The monoisotopic (exact) mass is 366 g/mol. The summed E-state index contributed by atoms with van der Waals surface area (Å²) in [5, 5.41) is 3.26. The minimum absolute atomic E-state index is 0.0931. The van der Waals surface area contributed by atoms with Gasteiger partial charge in [0.25, 0.3) is 5.91 Å². The van der Waals surface area contributed by atoms with Gasteiger partial charge >= 0.3 is 0 Å². The van der Waals surface area contributed by atoms with Gasteiger partial charge < -0.3 is 11.1 Å². The van der Waals surface area contributed by atoms with Crippen LogP contribution in [0.15, 0.2) is 53.0 Å². The quantitative estimate of drug-likeness (QED) is 0.841. The second kappa shape index (κ2) is 7.59. The third-order valence-electron chi connectivity index (χ3n) is 3.16. The molecule has 0 spiro atoms. The molecule has 0 fully saturated rings. The van der Waals surface area contributed by atoms with E-state index in [0.717, 1.165) is 5.56 Å². The van der Waals surface area contributed by atoms with Crippen LogP contribution in [0.3, 0.4) is 0 Å². The van der Waals surface area contributed by atoms with Crippen molar-refractivity contribution < 1.29 is 4.79 Å². The molecule has 0 radical (unpaired) electrons. The number of benzene rings is 2. The van der Waals surface area contributed by atoms with Crippen LogP contribution in [0.5, 0.6) is 0 Å². The highest BCUT2D eigenvalue weighted by atomic mass is 79.9. The minimum atomic E-state index is -0.193. The van der Waals surface area contributed by atoms with Crippen molar-refractivity contribution >= 4 is 33.4 Å². The summed E-state index contributed by atoms with van der Waals surface area (Å²) >= 11 is 9.40. The van der Waals surface area contributed by atoms with Crippen LogP contribution in [0, 0.1) is 0 Å². The first-order valence-corrected chi connectivity index (χ1v) is 7.79. The van der Waals surface area contributed by atoms with Gasteiger partial charge in [0.15, 0.2) is 0 Å². The van der Waals surface area contributed by atoms with Gasteiger partial charge in [0, 0.05) is 17.1 Å². The molecule has 1 amide bonds. The number of halogens is 2. The molecule has 2 aromatic rings. The van der Waals surface area contributed by atoms with Crippen molar-refractivity contribution in [1.82, 2.24) is 5.32 Å². The van der Waals surface area contributed by atoms with Crippen LogP contribution in [-0.4, -0.2) is 12.5 Å². The lowest BCUT2D eigenvalue weighted by molar-refractivity contribution is 0.0952. The van der Waals surface area contributed by atoms with Crippen LogP contribution in [0.1, 0.15) is 28.4 Å². The lowest BCUT2D eigenvalue weighted by Crippen LogP contribution is -2.27. The average Bonchev–Trinajstić information content (AvgIpc) is 2.50. The molecule has 2 aromatic carbocycles. The van der Waals surface area contributed by atoms with E-state index in [-0.39, 0.29) is 11.9 Å². The molecular weight excluding hydrogens is 352 g/mol. The fourth-order valence-corrected chi connectivity index (χ4v) is 2.56. The number of rotatable bonds is 5. The molecular formula is C16H16BrClN2O. The maximum absolute atomic E-state index is 12.1. The molecule has 0 aliphatic carbocycles. The summed E-state index contributed by atoms with van der Waals surface area (Å²) in [5.74, 6) is -0.193. The number of carbonyl (C=O) groups is 1. The Bertz CT molecular complexity index is 619. The molecule has 0 aromatic heterocycles. The first kappa shape index (κ1) is 16.0. The number of hydrogen-bond donors (Lipinski definition) is 2. The number of hydrogen-bond acceptors (Lipinski definition) is 2. The smallest absolute Gasteiger partial charge is 0.252 e. The number of nitrogens with two attached hydrogens (primary N) is 1. The van der Waals surface area contributed by atoms with Crippen molar-refractivity contribution in [2.45, 2.75) is 12.5 Å². The summed E-state index contributed by atoms with van der Waals surface area (Å²) in [4.78, 5) is 12.1. The van der Waals surface area contributed by atoms with Gasteiger partial charge in [-0.1, -0.05) is 48.0 Å². The molecule has 3 nitrogen and oxygen atoms in total. The average molecular weight is 368 g/mol. The Labute approximate surface area is 137 Å². The topological polar surface area (TPSA) is 55.1 Å². The fraction of sp³-hybridized carbons (Fsp3) is 0.188. The first-order valence-electron chi connectivity index (χ1n) is 6.62.